The summed E-state index contributed by atoms with van der Waals surface area (Å²) in [6.45, 7) is 4.62. The van der Waals surface area contributed by atoms with Gasteiger partial charge in [-0.3, -0.25) is 0 Å². The van der Waals surface area contributed by atoms with Crippen molar-refractivity contribution >= 4 is 43.6 Å². The van der Waals surface area contributed by atoms with Crippen LogP contribution in [0.3, 0.4) is 0 Å². The molecular formula is C39H26N2O. The van der Waals surface area contributed by atoms with Gasteiger partial charge in [0.1, 0.15) is 11.2 Å². The zero-order chi connectivity index (χ0) is 28.0. The minimum Gasteiger partial charge on any atom is -0.455 e. The summed E-state index contributed by atoms with van der Waals surface area (Å²) in [5, 5.41) is 5.55. The molecule has 0 amide bonds. The van der Waals surface area contributed by atoms with E-state index in [2.05, 4.69) is 117 Å². The largest absolute Gasteiger partial charge is 0.455 e. The van der Waals surface area contributed by atoms with Gasteiger partial charge in [0.05, 0.1) is 11.2 Å². The van der Waals surface area contributed by atoms with E-state index >= 15 is 0 Å². The van der Waals surface area contributed by atoms with Crippen LogP contribution in [0.25, 0.3) is 77.4 Å². The van der Waals surface area contributed by atoms with Crippen LogP contribution in [0.2, 0.25) is 0 Å². The van der Waals surface area contributed by atoms with Gasteiger partial charge in [-0.15, -0.1) is 0 Å². The van der Waals surface area contributed by atoms with Crippen LogP contribution in [0.15, 0.2) is 126 Å². The normalized spacial score (nSPS) is 13.7. The van der Waals surface area contributed by atoms with E-state index in [0.29, 0.717) is 0 Å². The predicted molar refractivity (Wildman–Crippen MR) is 173 cm³/mol. The van der Waals surface area contributed by atoms with Crippen LogP contribution < -0.4 is 0 Å². The molecule has 9 rings (SSSR count). The van der Waals surface area contributed by atoms with Gasteiger partial charge >= 0.3 is 0 Å². The van der Waals surface area contributed by atoms with Crippen molar-refractivity contribution in [1.29, 1.82) is 0 Å². The van der Waals surface area contributed by atoms with Gasteiger partial charge in [-0.2, -0.15) is 0 Å². The van der Waals surface area contributed by atoms with Crippen molar-refractivity contribution in [2.45, 2.75) is 19.3 Å². The predicted octanol–water partition coefficient (Wildman–Crippen LogP) is 10.3. The van der Waals surface area contributed by atoms with Crippen LogP contribution in [0.1, 0.15) is 25.0 Å². The highest BCUT2D eigenvalue weighted by molar-refractivity contribution is 6.15. The molecule has 0 unspecified atom stereocenters. The van der Waals surface area contributed by atoms with Gasteiger partial charge < -0.3 is 4.42 Å². The minimum atomic E-state index is -0.0814. The molecule has 1 aliphatic carbocycles. The number of nitrogens with zero attached hydrogens (tertiary/aromatic N) is 2. The Morgan fingerprint density at radius 2 is 1.29 bits per heavy atom. The van der Waals surface area contributed by atoms with Gasteiger partial charge in [0.2, 0.25) is 0 Å². The summed E-state index contributed by atoms with van der Waals surface area (Å²) in [4.78, 5) is 10.3. The van der Waals surface area contributed by atoms with Crippen molar-refractivity contribution in [2.24, 2.45) is 0 Å². The van der Waals surface area contributed by atoms with E-state index in [4.69, 9.17) is 14.4 Å². The second kappa shape index (κ2) is 8.37. The number of fused-ring (bicyclic) bond motifs is 9. The SMILES string of the molecule is CC1(C)c2ccccc2-c2ccc(-c3nc(-c4ccc5c(ccc6c7ccccc7oc56)c4)c4ccccc4n3)cc21. The van der Waals surface area contributed by atoms with Gasteiger partial charge in [-0.05, 0) is 64.0 Å². The number of aromatic nitrogens is 2. The lowest BCUT2D eigenvalue weighted by molar-refractivity contribution is 0.660. The van der Waals surface area contributed by atoms with E-state index in [1.165, 1.54) is 22.3 Å². The summed E-state index contributed by atoms with van der Waals surface area (Å²) in [6, 6.07) is 42.9. The standard InChI is InChI=1S/C39H26N2O/c1-39(2)32-12-6-3-9-27(32)28-19-17-25(22-33(28)39)38-40-34-13-7-4-11-31(34)36(41-38)24-16-18-26-23(21-24)15-20-30-29-10-5-8-14-35(29)42-37(26)30/h3-22H,1-2H3. The molecule has 0 N–H and O–H groups in total. The second-order valence-electron chi connectivity index (χ2n) is 11.8. The molecule has 0 saturated carbocycles. The molecule has 0 saturated heterocycles. The van der Waals surface area contributed by atoms with E-state index in [1.807, 2.05) is 18.2 Å². The Bertz CT molecular complexity index is 2400. The molecule has 8 aromatic rings. The lowest BCUT2D eigenvalue weighted by Crippen LogP contribution is -2.15. The summed E-state index contributed by atoms with van der Waals surface area (Å²) in [7, 11) is 0. The van der Waals surface area contributed by atoms with Crippen molar-refractivity contribution in [3.8, 4) is 33.8 Å². The maximum atomic E-state index is 6.31. The average molecular weight is 539 g/mol. The molecule has 2 aromatic heterocycles. The molecular weight excluding hydrogens is 512 g/mol. The zero-order valence-corrected chi connectivity index (χ0v) is 23.3. The lowest BCUT2D eigenvalue weighted by atomic mass is 9.82. The second-order valence-corrected chi connectivity index (χ2v) is 11.8. The summed E-state index contributed by atoms with van der Waals surface area (Å²) >= 11 is 0. The monoisotopic (exact) mass is 538 g/mol. The van der Waals surface area contributed by atoms with Gasteiger partial charge in [-0.1, -0.05) is 98.8 Å². The first kappa shape index (κ1) is 23.4. The average Bonchev–Trinajstić information content (AvgIpc) is 3.53. The fraction of sp³-hybridized carbons (Fsp3) is 0.0769. The van der Waals surface area contributed by atoms with Crippen LogP contribution in [-0.4, -0.2) is 9.97 Å². The highest BCUT2D eigenvalue weighted by atomic mass is 16.3. The van der Waals surface area contributed by atoms with E-state index in [-0.39, 0.29) is 5.41 Å². The van der Waals surface area contributed by atoms with E-state index < -0.39 is 0 Å². The molecule has 0 atom stereocenters. The van der Waals surface area contributed by atoms with Crippen LogP contribution in [0.5, 0.6) is 0 Å². The van der Waals surface area contributed by atoms with Crippen LogP contribution in [0.4, 0.5) is 0 Å². The third kappa shape index (κ3) is 3.22. The van der Waals surface area contributed by atoms with Gasteiger partial charge in [0.25, 0.3) is 0 Å². The molecule has 3 heteroatoms. The molecule has 2 heterocycles. The smallest absolute Gasteiger partial charge is 0.160 e. The topological polar surface area (TPSA) is 38.9 Å². The number of hydrogen-bond acceptors (Lipinski definition) is 3. The van der Waals surface area contributed by atoms with Crippen molar-refractivity contribution in [3.63, 3.8) is 0 Å². The summed E-state index contributed by atoms with van der Waals surface area (Å²) < 4.78 is 6.31. The van der Waals surface area contributed by atoms with Crippen molar-refractivity contribution < 1.29 is 4.42 Å². The molecule has 0 bridgehead atoms. The number of benzene rings is 6. The fourth-order valence-corrected chi connectivity index (χ4v) is 6.93. The third-order valence-electron chi connectivity index (χ3n) is 9.08. The molecule has 3 nitrogen and oxygen atoms in total. The minimum absolute atomic E-state index is 0.0814. The highest BCUT2D eigenvalue weighted by Gasteiger charge is 2.35. The Balaban J connectivity index is 1.23. The van der Waals surface area contributed by atoms with Crippen LogP contribution >= 0.6 is 0 Å². The Morgan fingerprint density at radius 1 is 0.548 bits per heavy atom. The maximum absolute atomic E-state index is 6.31. The highest BCUT2D eigenvalue weighted by Crippen LogP contribution is 2.49. The lowest BCUT2D eigenvalue weighted by Gasteiger charge is -2.21. The summed E-state index contributed by atoms with van der Waals surface area (Å²) in [6.07, 6.45) is 0. The zero-order valence-electron chi connectivity index (χ0n) is 23.3. The Hall–Kier alpha value is -5.28. The maximum Gasteiger partial charge on any atom is 0.160 e. The van der Waals surface area contributed by atoms with Crippen molar-refractivity contribution in [1.82, 2.24) is 9.97 Å². The molecule has 6 aromatic carbocycles. The first-order valence-electron chi connectivity index (χ1n) is 14.4. The molecule has 42 heavy (non-hydrogen) atoms. The summed E-state index contributed by atoms with van der Waals surface area (Å²) in [5.74, 6) is 0.742. The van der Waals surface area contributed by atoms with E-state index in [0.717, 1.165) is 66.3 Å². The molecule has 0 spiro atoms. The van der Waals surface area contributed by atoms with Gasteiger partial charge in [0.15, 0.2) is 5.82 Å². The number of furan rings is 1. The molecule has 0 fully saturated rings. The Kier molecular flexibility index (Phi) is 4.67. The quantitative estimate of drug-likeness (QED) is 0.220. The van der Waals surface area contributed by atoms with Gasteiger partial charge in [-0.25, -0.2) is 9.97 Å². The van der Waals surface area contributed by atoms with E-state index in [9.17, 15) is 0 Å². The number of rotatable bonds is 2. The van der Waals surface area contributed by atoms with Crippen molar-refractivity contribution in [2.75, 3.05) is 0 Å². The Morgan fingerprint density at radius 3 is 2.21 bits per heavy atom. The fourth-order valence-electron chi connectivity index (χ4n) is 6.93. The molecule has 0 aliphatic heterocycles. The summed E-state index contributed by atoms with van der Waals surface area (Å²) in [5.41, 5.74) is 11.0. The Labute approximate surface area is 243 Å². The van der Waals surface area contributed by atoms with Crippen LogP contribution in [-0.2, 0) is 5.41 Å². The van der Waals surface area contributed by atoms with E-state index in [1.54, 1.807) is 0 Å². The molecule has 1 aliphatic rings. The number of hydrogen-bond donors (Lipinski definition) is 0. The third-order valence-corrected chi connectivity index (χ3v) is 9.08. The first-order valence-corrected chi connectivity index (χ1v) is 14.4. The molecule has 198 valence electrons. The van der Waals surface area contributed by atoms with Crippen molar-refractivity contribution in [3.05, 3.63) is 132 Å². The first-order chi connectivity index (χ1) is 20.6. The molecule has 0 radical (unpaired) electrons. The van der Waals surface area contributed by atoms with Crippen LogP contribution in [0, 0.1) is 0 Å². The number of para-hydroxylation sites is 2. The van der Waals surface area contributed by atoms with Gasteiger partial charge in [0, 0.05) is 38.1 Å².